The summed E-state index contributed by atoms with van der Waals surface area (Å²) in [5.74, 6) is -0.727. The fourth-order valence-corrected chi connectivity index (χ4v) is 2.26. The van der Waals surface area contributed by atoms with E-state index in [-0.39, 0.29) is 23.0 Å². The Morgan fingerprint density at radius 3 is 2.77 bits per heavy atom. The fourth-order valence-electron chi connectivity index (χ4n) is 2.26. The van der Waals surface area contributed by atoms with Crippen molar-refractivity contribution in [2.75, 3.05) is 0 Å². The van der Waals surface area contributed by atoms with Gasteiger partial charge in [-0.1, -0.05) is 23.4 Å². The van der Waals surface area contributed by atoms with Crippen molar-refractivity contribution < 1.29 is 18.6 Å². The molecule has 0 bridgehead atoms. The van der Waals surface area contributed by atoms with Crippen LogP contribution in [0.4, 0.5) is 10.1 Å². The van der Waals surface area contributed by atoms with E-state index in [9.17, 15) is 19.3 Å². The number of amides is 1. The smallest absolute Gasteiger partial charge is 0.270 e. The molecule has 9 heteroatoms. The Bertz CT molecular complexity index is 973. The Hall–Kier alpha value is -3.62. The zero-order chi connectivity index (χ0) is 18.7. The Labute approximate surface area is 146 Å². The molecule has 0 unspecified atom stereocenters. The standard InChI is InChI=1S/C17H13FN4O4/c1-10(19-16(23)12-5-2-6-13(18)8-12)17-20-15(21-26-17)11-4-3-7-14(9-11)22(24)25/h2-10H,1H3,(H,19,23)/t10-/m1/s1. The van der Waals surface area contributed by atoms with E-state index < -0.39 is 22.7 Å². The maximum Gasteiger partial charge on any atom is 0.270 e. The normalized spacial score (nSPS) is 11.8. The van der Waals surface area contributed by atoms with Crippen molar-refractivity contribution >= 4 is 11.6 Å². The third kappa shape index (κ3) is 3.72. The van der Waals surface area contributed by atoms with Crippen LogP contribution in [0.25, 0.3) is 11.4 Å². The molecule has 1 amide bonds. The molecule has 1 N–H and O–H groups in total. The van der Waals surface area contributed by atoms with Gasteiger partial charge in [-0.2, -0.15) is 4.98 Å². The number of non-ortho nitro benzene ring substituents is 1. The number of rotatable bonds is 5. The van der Waals surface area contributed by atoms with Crippen LogP contribution in [0, 0.1) is 15.9 Å². The molecule has 0 aliphatic carbocycles. The van der Waals surface area contributed by atoms with Crippen LogP contribution in [0.3, 0.4) is 0 Å². The molecule has 0 spiro atoms. The van der Waals surface area contributed by atoms with Crippen molar-refractivity contribution in [3.05, 3.63) is 75.9 Å². The van der Waals surface area contributed by atoms with Gasteiger partial charge in [-0.15, -0.1) is 0 Å². The second kappa shape index (κ2) is 7.09. The molecule has 0 fully saturated rings. The van der Waals surface area contributed by atoms with E-state index in [4.69, 9.17) is 4.52 Å². The minimum absolute atomic E-state index is 0.0960. The molecule has 0 saturated carbocycles. The van der Waals surface area contributed by atoms with Gasteiger partial charge in [-0.3, -0.25) is 14.9 Å². The lowest BCUT2D eigenvalue weighted by Gasteiger charge is -2.09. The van der Waals surface area contributed by atoms with E-state index in [0.717, 1.165) is 6.07 Å². The fraction of sp³-hybridized carbons (Fsp3) is 0.118. The lowest BCUT2D eigenvalue weighted by molar-refractivity contribution is -0.384. The van der Waals surface area contributed by atoms with Gasteiger partial charge in [0.25, 0.3) is 11.6 Å². The number of hydrogen-bond donors (Lipinski definition) is 1. The number of nitro groups is 1. The van der Waals surface area contributed by atoms with E-state index in [1.807, 2.05) is 0 Å². The number of carbonyl (C=O) groups is 1. The van der Waals surface area contributed by atoms with Gasteiger partial charge in [-0.25, -0.2) is 4.39 Å². The first-order valence-electron chi connectivity index (χ1n) is 7.59. The molecule has 0 aliphatic heterocycles. The number of carbonyl (C=O) groups excluding carboxylic acids is 1. The van der Waals surface area contributed by atoms with Crippen molar-refractivity contribution in [3.8, 4) is 11.4 Å². The molecule has 0 saturated heterocycles. The molecule has 3 rings (SSSR count). The number of benzene rings is 2. The summed E-state index contributed by atoms with van der Waals surface area (Å²) in [6, 6.07) is 10.4. The van der Waals surface area contributed by atoms with Gasteiger partial charge >= 0.3 is 0 Å². The topological polar surface area (TPSA) is 111 Å². The highest BCUT2D eigenvalue weighted by molar-refractivity contribution is 5.94. The summed E-state index contributed by atoms with van der Waals surface area (Å²) < 4.78 is 18.3. The van der Waals surface area contributed by atoms with Crippen molar-refractivity contribution in [1.82, 2.24) is 15.5 Å². The summed E-state index contributed by atoms with van der Waals surface area (Å²) in [5, 5.41) is 17.3. The van der Waals surface area contributed by atoms with Gasteiger partial charge in [0, 0.05) is 23.3 Å². The molecule has 1 aromatic heterocycles. The van der Waals surface area contributed by atoms with Gasteiger partial charge in [0.2, 0.25) is 11.7 Å². The third-order valence-corrected chi connectivity index (χ3v) is 3.56. The lowest BCUT2D eigenvalue weighted by atomic mass is 10.2. The Morgan fingerprint density at radius 2 is 2.04 bits per heavy atom. The van der Waals surface area contributed by atoms with Crippen LogP contribution < -0.4 is 5.32 Å². The van der Waals surface area contributed by atoms with Gasteiger partial charge in [0.05, 0.1) is 4.92 Å². The average molecular weight is 356 g/mol. The maximum absolute atomic E-state index is 13.2. The Kier molecular flexibility index (Phi) is 4.70. The van der Waals surface area contributed by atoms with Crippen LogP contribution in [0.1, 0.15) is 29.2 Å². The number of nitro benzene ring substituents is 1. The largest absolute Gasteiger partial charge is 0.341 e. The summed E-state index contributed by atoms with van der Waals surface area (Å²) in [6.07, 6.45) is 0. The number of hydrogen-bond acceptors (Lipinski definition) is 6. The summed E-state index contributed by atoms with van der Waals surface area (Å²) in [6.45, 7) is 1.63. The summed E-state index contributed by atoms with van der Waals surface area (Å²) in [4.78, 5) is 26.6. The molecule has 1 atom stereocenters. The molecular weight excluding hydrogens is 343 g/mol. The van der Waals surface area contributed by atoms with Crippen molar-refractivity contribution in [2.45, 2.75) is 13.0 Å². The van der Waals surface area contributed by atoms with Crippen molar-refractivity contribution in [2.24, 2.45) is 0 Å². The van der Waals surface area contributed by atoms with Gasteiger partial charge in [0.15, 0.2) is 0 Å². The first-order valence-corrected chi connectivity index (χ1v) is 7.59. The number of aromatic nitrogens is 2. The molecule has 132 valence electrons. The first kappa shape index (κ1) is 17.2. The monoisotopic (exact) mass is 356 g/mol. The molecule has 0 radical (unpaired) electrons. The summed E-state index contributed by atoms with van der Waals surface area (Å²) >= 11 is 0. The predicted molar refractivity (Wildman–Crippen MR) is 88.7 cm³/mol. The molecule has 3 aromatic rings. The van der Waals surface area contributed by atoms with Crippen LogP contribution in [-0.4, -0.2) is 21.0 Å². The number of nitrogens with one attached hydrogen (secondary N) is 1. The van der Waals surface area contributed by atoms with E-state index >= 15 is 0 Å². The van der Waals surface area contributed by atoms with Crippen LogP contribution in [0.5, 0.6) is 0 Å². The van der Waals surface area contributed by atoms with E-state index in [2.05, 4.69) is 15.5 Å². The van der Waals surface area contributed by atoms with Crippen LogP contribution in [0.2, 0.25) is 0 Å². The molecular formula is C17H13FN4O4. The lowest BCUT2D eigenvalue weighted by Crippen LogP contribution is -2.26. The van der Waals surface area contributed by atoms with E-state index in [1.165, 1.54) is 36.4 Å². The summed E-state index contributed by atoms with van der Waals surface area (Å²) in [7, 11) is 0. The van der Waals surface area contributed by atoms with Crippen molar-refractivity contribution in [3.63, 3.8) is 0 Å². The minimum Gasteiger partial charge on any atom is -0.341 e. The van der Waals surface area contributed by atoms with E-state index in [0.29, 0.717) is 5.56 Å². The molecule has 0 aliphatic rings. The maximum atomic E-state index is 13.2. The predicted octanol–water partition coefficient (Wildman–Crippen LogP) is 3.27. The second-order valence-corrected chi connectivity index (χ2v) is 5.47. The third-order valence-electron chi connectivity index (χ3n) is 3.56. The highest BCUT2D eigenvalue weighted by Crippen LogP contribution is 2.23. The van der Waals surface area contributed by atoms with E-state index in [1.54, 1.807) is 13.0 Å². The van der Waals surface area contributed by atoms with Gasteiger partial charge in [0.1, 0.15) is 11.9 Å². The molecule has 2 aromatic carbocycles. The SMILES string of the molecule is C[C@@H](NC(=O)c1cccc(F)c1)c1nc(-c2cccc([N+](=O)[O-])c2)no1. The Balaban J connectivity index is 1.76. The molecule has 26 heavy (non-hydrogen) atoms. The number of halogens is 1. The first-order chi connectivity index (χ1) is 12.4. The van der Waals surface area contributed by atoms with Crippen LogP contribution in [-0.2, 0) is 0 Å². The quantitative estimate of drug-likeness (QED) is 0.555. The van der Waals surface area contributed by atoms with Crippen molar-refractivity contribution in [1.29, 1.82) is 0 Å². The zero-order valence-corrected chi connectivity index (χ0v) is 13.5. The Morgan fingerprint density at radius 1 is 1.27 bits per heavy atom. The molecule has 8 nitrogen and oxygen atoms in total. The average Bonchev–Trinajstić information content (AvgIpc) is 3.12. The second-order valence-electron chi connectivity index (χ2n) is 5.47. The zero-order valence-electron chi connectivity index (χ0n) is 13.5. The van der Waals surface area contributed by atoms with Gasteiger partial charge in [-0.05, 0) is 25.1 Å². The van der Waals surface area contributed by atoms with Crippen LogP contribution in [0.15, 0.2) is 53.1 Å². The van der Waals surface area contributed by atoms with Gasteiger partial charge < -0.3 is 9.84 Å². The molecule has 1 heterocycles. The highest BCUT2D eigenvalue weighted by Gasteiger charge is 2.19. The highest BCUT2D eigenvalue weighted by atomic mass is 19.1. The number of nitrogens with zero attached hydrogens (tertiary/aromatic N) is 3. The van der Waals surface area contributed by atoms with Crippen LogP contribution >= 0.6 is 0 Å². The summed E-state index contributed by atoms with van der Waals surface area (Å²) in [5.41, 5.74) is 0.481. The minimum atomic E-state index is -0.634.